The largest absolute Gasteiger partial charge is 0.361 e. The standard InChI is InChI=1S/C12H20N4O/c1-8(2)10(13)12(17)15-9-6-5-7-14-11(9)16(3)4/h5-8,10H,13H2,1-4H3,(H,15,17)/t10-/m1/s1. The summed E-state index contributed by atoms with van der Waals surface area (Å²) < 4.78 is 0. The Hall–Kier alpha value is -1.62. The van der Waals surface area contributed by atoms with Crippen LogP contribution in [0, 0.1) is 5.92 Å². The molecule has 1 aromatic heterocycles. The van der Waals surface area contributed by atoms with Crippen LogP contribution in [0.2, 0.25) is 0 Å². The molecule has 1 aromatic rings. The van der Waals surface area contributed by atoms with E-state index in [1.54, 1.807) is 12.3 Å². The van der Waals surface area contributed by atoms with Gasteiger partial charge in [0.2, 0.25) is 5.91 Å². The number of amides is 1. The molecule has 0 aliphatic heterocycles. The van der Waals surface area contributed by atoms with Gasteiger partial charge in [0, 0.05) is 20.3 Å². The van der Waals surface area contributed by atoms with Gasteiger partial charge in [-0.25, -0.2) is 4.98 Å². The fourth-order valence-corrected chi connectivity index (χ4v) is 1.37. The van der Waals surface area contributed by atoms with Crippen molar-refractivity contribution in [3.05, 3.63) is 18.3 Å². The Kier molecular flexibility index (Phi) is 4.45. The molecule has 0 aromatic carbocycles. The van der Waals surface area contributed by atoms with E-state index in [1.807, 2.05) is 38.9 Å². The van der Waals surface area contributed by atoms with Gasteiger partial charge in [-0.05, 0) is 18.1 Å². The molecule has 0 bridgehead atoms. The quantitative estimate of drug-likeness (QED) is 0.820. The molecule has 0 fully saturated rings. The van der Waals surface area contributed by atoms with E-state index in [4.69, 9.17) is 5.73 Å². The number of carbonyl (C=O) groups is 1. The van der Waals surface area contributed by atoms with E-state index in [1.165, 1.54) is 0 Å². The molecule has 94 valence electrons. The van der Waals surface area contributed by atoms with Gasteiger partial charge in [0.15, 0.2) is 5.82 Å². The first-order valence-corrected chi connectivity index (χ1v) is 5.62. The average molecular weight is 236 g/mol. The van der Waals surface area contributed by atoms with Crippen molar-refractivity contribution in [3.8, 4) is 0 Å². The van der Waals surface area contributed by atoms with Crippen LogP contribution in [0.5, 0.6) is 0 Å². The first kappa shape index (κ1) is 13.4. The van der Waals surface area contributed by atoms with E-state index < -0.39 is 6.04 Å². The molecule has 1 heterocycles. The maximum Gasteiger partial charge on any atom is 0.241 e. The minimum Gasteiger partial charge on any atom is -0.361 e. The Morgan fingerprint density at radius 1 is 1.47 bits per heavy atom. The number of nitrogens with zero attached hydrogens (tertiary/aromatic N) is 2. The number of carbonyl (C=O) groups excluding carboxylic acids is 1. The molecule has 0 aliphatic carbocycles. The highest BCUT2D eigenvalue weighted by Gasteiger charge is 2.18. The Bertz CT molecular complexity index is 390. The van der Waals surface area contributed by atoms with Crippen molar-refractivity contribution in [2.75, 3.05) is 24.3 Å². The van der Waals surface area contributed by atoms with E-state index in [0.717, 1.165) is 5.82 Å². The second kappa shape index (κ2) is 5.63. The van der Waals surface area contributed by atoms with E-state index in [-0.39, 0.29) is 11.8 Å². The minimum absolute atomic E-state index is 0.106. The molecule has 0 saturated heterocycles. The van der Waals surface area contributed by atoms with Crippen molar-refractivity contribution in [1.82, 2.24) is 4.98 Å². The van der Waals surface area contributed by atoms with Crippen LogP contribution in [0.4, 0.5) is 11.5 Å². The monoisotopic (exact) mass is 236 g/mol. The number of pyridine rings is 1. The molecule has 0 spiro atoms. The lowest BCUT2D eigenvalue weighted by molar-refractivity contribution is -0.118. The normalized spacial score (nSPS) is 12.4. The zero-order valence-corrected chi connectivity index (χ0v) is 10.8. The summed E-state index contributed by atoms with van der Waals surface area (Å²) in [5.74, 6) is 0.641. The summed E-state index contributed by atoms with van der Waals surface area (Å²) in [4.78, 5) is 17.9. The number of anilines is 2. The van der Waals surface area contributed by atoms with Crippen LogP contribution < -0.4 is 16.0 Å². The highest BCUT2D eigenvalue weighted by molar-refractivity contribution is 5.97. The van der Waals surface area contributed by atoms with Crippen LogP contribution in [0.1, 0.15) is 13.8 Å². The molecular weight excluding hydrogens is 216 g/mol. The summed E-state index contributed by atoms with van der Waals surface area (Å²) in [6.07, 6.45) is 1.69. The molecule has 0 aliphatic rings. The Morgan fingerprint density at radius 3 is 2.65 bits per heavy atom. The number of hydrogen-bond acceptors (Lipinski definition) is 4. The maximum atomic E-state index is 11.8. The fraction of sp³-hybridized carbons (Fsp3) is 0.500. The summed E-state index contributed by atoms with van der Waals surface area (Å²) in [5, 5.41) is 2.80. The van der Waals surface area contributed by atoms with Crippen LogP contribution in [0.25, 0.3) is 0 Å². The van der Waals surface area contributed by atoms with Crippen LogP contribution in [-0.2, 0) is 4.79 Å². The van der Waals surface area contributed by atoms with Crippen LogP contribution >= 0.6 is 0 Å². The van der Waals surface area contributed by atoms with Gasteiger partial charge in [-0.3, -0.25) is 4.79 Å². The van der Waals surface area contributed by atoms with Gasteiger partial charge in [-0.15, -0.1) is 0 Å². The number of nitrogens with one attached hydrogen (secondary N) is 1. The predicted molar refractivity (Wildman–Crippen MR) is 70.0 cm³/mol. The molecule has 0 unspecified atom stereocenters. The van der Waals surface area contributed by atoms with Gasteiger partial charge in [-0.2, -0.15) is 0 Å². The molecule has 5 nitrogen and oxygen atoms in total. The van der Waals surface area contributed by atoms with Crippen molar-refractivity contribution < 1.29 is 4.79 Å². The molecule has 5 heteroatoms. The summed E-state index contributed by atoms with van der Waals surface area (Å²) in [6.45, 7) is 3.83. The zero-order valence-electron chi connectivity index (χ0n) is 10.8. The molecular formula is C12H20N4O. The van der Waals surface area contributed by atoms with Gasteiger partial charge >= 0.3 is 0 Å². The van der Waals surface area contributed by atoms with Gasteiger partial charge in [0.1, 0.15) is 0 Å². The van der Waals surface area contributed by atoms with Crippen molar-refractivity contribution >= 4 is 17.4 Å². The molecule has 17 heavy (non-hydrogen) atoms. The Labute approximate surface area is 102 Å². The van der Waals surface area contributed by atoms with E-state index in [0.29, 0.717) is 5.69 Å². The Balaban J connectivity index is 2.85. The molecule has 1 atom stereocenters. The van der Waals surface area contributed by atoms with Crippen molar-refractivity contribution in [2.24, 2.45) is 11.7 Å². The third kappa shape index (κ3) is 3.42. The third-order valence-electron chi connectivity index (χ3n) is 2.49. The minimum atomic E-state index is -0.509. The summed E-state index contributed by atoms with van der Waals surface area (Å²) in [7, 11) is 3.75. The van der Waals surface area contributed by atoms with Crippen molar-refractivity contribution in [2.45, 2.75) is 19.9 Å². The number of aromatic nitrogens is 1. The Morgan fingerprint density at radius 2 is 2.12 bits per heavy atom. The highest BCUT2D eigenvalue weighted by atomic mass is 16.2. The second-order valence-corrected chi connectivity index (χ2v) is 4.53. The highest BCUT2D eigenvalue weighted by Crippen LogP contribution is 2.20. The SMILES string of the molecule is CC(C)[C@@H](N)C(=O)Nc1cccnc1N(C)C. The lowest BCUT2D eigenvalue weighted by atomic mass is 10.1. The molecule has 0 radical (unpaired) electrons. The molecule has 0 saturated carbocycles. The zero-order chi connectivity index (χ0) is 13.0. The van der Waals surface area contributed by atoms with Gasteiger partial charge < -0.3 is 16.0 Å². The second-order valence-electron chi connectivity index (χ2n) is 4.53. The molecule has 1 amide bonds. The smallest absolute Gasteiger partial charge is 0.241 e. The predicted octanol–water partition coefficient (Wildman–Crippen LogP) is 1.07. The molecule has 1 rings (SSSR count). The number of nitrogens with two attached hydrogens (primary N) is 1. The van der Waals surface area contributed by atoms with Crippen molar-refractivity contribution in [3.63, 3.8) is 0 Å². The van der Waals surface area contributed by atoms with Crippen LogP contribution in [-0.4, -0.2) is 31.0 Å². The van der Waals surface area contributed by atoms with Gasteiger partial charge in [0.05, 0.1) is 11.7 Å². The third-order valence-corrected chi connectivity index (χ3v) is 2.49. The summed E-state index contributed by atoms with van der Waals surface area (Å²) >= 11 is 0. The average Bonchev–Trinajstić information content (AvgIpc) is 2.28. The van der Waals surface area contributed by atoms with E-state index in [2.05, 4.69) is 10.3 Å². The van der Waals surface area contributed by atoms with Gasteiger partial charge in [0.25, 0.3) is 0 Å². The van der Waals surface area contributed by atoms with Crippen molar-refractivity contribution in [1.29, 1.82) is 0 Å². The first-order chi connectivity index (χ1) is 7.93. The fourth-order valence-electron chi connectivity index (χ4n) is 1.37. The van der Waals surface area contributed by atoms with Crippen LogP contribution in [0.3, 0.4) is 0 Å². The van der Waals surface area contributed by atoms with E-state index >= 15 is 0 Å². The van der Waals surface area contributed by atoms with Gasteiger partial charge in [-0.1, -0.05) is 13.8 Å². The molecule has 3 N–H and O–H groups in total. The number of rotatable bonds is 4. The van der Waals surface area contributed by atoms with Crippen LogP contribution in [0.15, 0.2) is 18.3 Å². The lowest BCUT2D eigenvalue weighted by Crippen LogP contribution is -2.40. The summed E-state index contributed by atoms with van der Waals surface area (Å²) in [5.41, 5.74) is 6.47. The topological polar surface area (TPSA) is 71.2 Å². The van der Waals surface area contributed by atoms with E-state index in [9.17, 15) is 4.79 Å². The lowest BCUT2D eigenvalue weighted by Gasteiger charge is -2.19. The first-order valence-electron chi connectivity index (χ1n) is 5.62. The maximum absolute atomic E-state index is 11.8. The summed E-state index contributed by atoms with van der Waals surface area (Å²) in [6, 6.07) is 3.08. The number of hydrogen-bond donors (Lipinski definition) is 2.